The quantitative estimate of drug-likeness (QED) is 0.198. The van der Waals surface area contributed by atoms with Crippen molar-refractivity contribution in [3.8, 4) is 33.5 Å². The van der Waals surface area contributed by atoms with Crippen LogP contribution in [0.15, 0.2) is 138 Å². The zero-order chi connectivity index (χ0) is 30.6. The number of furan rings is 1. The second-order valence-corrected chi connectivity index (χ2v) is 13.1. The molecule has 11 aromatic rings. The SMILES string of the molecule is c1ccc(-c2nc(-c3ccc4c(c3)oc3ccccc34)nc(-c3cc4c5cccc6ccc7c8ccccc8n(c4s3)c7c65)n2)cc1. The zero-order valence-corrected chi connectivity index (χ0v) is 25.6. The van der Waals surface area contributed by atoms with Crippen molar-refractivity contribution in [1.29, 1.82) is 0 Å². The van der Waals surface area contributed by atoms with Gasteiger partial charge in [0.15, 0.2) is 17.5 Å². The number of benzene rings is 6. The van der Waals surface area contributed by atoms with Crippen LogP contribution in [-0.2, 0) is 0 Å². The molecule has 0 N–H and O–H groups in total. The molecule has 5 nitrogen and oxygen atoms in total. The van der Waals surface area contributed by atoms with Gasteiger partial charge < -0.3 is 4.42 Å². The maximum absolute atomic E-state index is 6.24. The van der Waals surface area contributed by atoms with Gasteiger partial charge >= 0.3 is 0 Å². The van der Waals surface area contributed by atoms with Gasteiger partial charge in [-0.1, -0.05) is 103 Å². The maximum Gasteiger partial charge on any atom is 0.174 e. The van der Waals surface area contributed by atoms with Crippen LogP contribution in [0.3, 0.4) is 0 Å². The molecule has 0 saturated carbocycles. The van der Waals surface area contributed by atoms with Gasteiger partial charge in [-0.25, -0.2) is 15.0 Å². The van der Waals surface area contributed by atoms with Crippen molar-refractivity contribution < 1.29 is 4.42 Å². The molecule has 0 amide bonds. The van der Waals surface area contributed by atoms with Crippen LogP contribution in [0, 0.1) is 0 Å². The van der Waals surface area contributed by atoms with Crippen molar-refractivity contribution in [2.75, 3.05) is 0 Å². The summed E-state index contributed by atoms with van der Waals surface area (Å²) in [4.78, 5) is 17.4. The normalized spacial score (nSPS) is 12.3. The lowest BCUT2D eigenvalue weighted by atomic mass is 10.0. The van der Waals surface area contributed by atoms with Gasteiger partial charge in [0, 0.05) is 43.4 Å². The number of nitrogens with zero attached hydrogens (tertiary/aromatic N) is 4. The lowest BCUT2D eigenvalue weighted by Gasteiger charge is -2.09. The molecule has 0 fully saturated rings. The predicted octanol–water partition coefficient (Wildman–Crippen LogP) is 11.1. The first-order valence-electron chi connectivity index (χ1n) is 15.6. The molecule has 47 heavy (non-hydrogen) atoms. The summed E-state index contributed by atoms with van der Waals surface area (Å²) < 4.78 is 8.68. The van der Waals surface area contributed by atoms with E-state index in [9.17, 15) is 0 Å². The summed E-state index contributed by atoms with van der Waals surface area (Å²) in [7, 11) is 0. The lowest BCUT2D eigenvalue weighted by molar-refractivity contribution is 0.669. The molecule has 11 rings (SSSR count). The number of hydrogen-bond acceptors (Lipinski definition) is 5. The second kappa shape index (κ2) is 9.22. The van der Waals surface area contributed by atoms with E-state index in [-0.39, 0.29) is 0 Å². The third-order valence-electron chi connectivity index (χ3n) is 9.41. The maximum atomic E-state index is 6.24. The van der Waals surface area contributed by atoms with Crippen LogP contribution in [0.25, 0.3) is 104 Å². The summed E-state index contributed by atoms with van der Waals surface area (Å²) in [5.41, 5.74) is 5.98. The molecule has 0 aliphatic rings. The molecule has 0 atom stereocenters. The van der Waals surface area contributed by atoms with Crippen LogP contribution < -0.4 is 0 Å². The smallest absolute Gasteiger partial charge is 0.174 e. The first kappa shape index (κ1) is 25.1. The van der Waals surface area contributed by atoms with Crippen LogP contribution in [0.2, 0.25) is 0 Å². The number of fused-ring (bicyclic) bond motifs is 9. The summed E-state index contributed by atoms with van der Waals surface area (Å²) in [5, 5.41) is 9.69. The monoisotopic (exact) mass is 618 g/mol. The van der Waals surface area contributed by atoms with E-state index < -0.39 is 0 Å². The number of thiophene rings is 1. The van der Waals surface area contributed by atoms with Crippen LogP contribution in [0.1, 0.15) is 0 Å². The van der Waals surface area contributed by atoms with Crippen LogP contribution in [-0.4, -0.2) is 19.4 Å². The minimum atomic E-state index is 0.613. The van der Waals surface area contributed by atoms with E-state index in [1.807, 2.05) is 54.6 Å². The first-order valence-corrected chi connectivity index (χ1v) is 16.4. The Bertz CT molecular complexity index is 3020. The largest absolute Gasteiger partial charge is 0.456 e. The van der Waals surface area contributed by atoms with Crippen LogP contribution >= 0.6 is 11.3 Å². The molecule has 0 radical (unpaired) electrons. The van der Waals surface area contributed by atoms with E-state index in [0.29, 0.717) is 17.5 Å². The fourth-order valence-electron chi connectivity index (χ4n) is 7.31. The van der Waals surface area contributed by atoms with Crippen molar-refractivity contribution in [3.63, 3.8) is 0 Å². The highest BCUT2D eigenvalue weighted by atomic mass is 32.1. The highest BCUT2D eigenvalue weighted by Crippen LogP contribution is 2.45. The molecule has 0 aliphatic heterocycles. The van der Waals surface area contributed by atoms with Crippen molar-refractivity contribution >= 4 is 81.5 Å². The van der Waals surface area contributed by atoms with Gasteiger partial charge in [-0.3, -0.25) is 4.40 Å². The Hall–Kier alpha value is -6.11. The Morgan fingerprint density at radius 1 is 0.489 bits per heavy atom. The Morgan fingerprint density at radius 3 is 2.13 bits per heavy atom. The number of rotatable bonds is 3. The predicted molar refractivity (Wildman–Crippen MR) is 193 cm³/mol. The molecule has 218 valence electrons. The Kier molecular flexibility index (Phi) is 4.93. The van der Waals surface area contributed by atoms with Gasteiger partial charge in [0.2, 0.25) is 0 Å². The molecular formula is C41H22N4OS. The van der Waals surface area contributed by atoms with Gasteiger partial charge in [-0.05, 0) is 41.1 Å². The summed E-state index contributed by atoms with van der Waals surface area (Å²) >= 11 is 1.73. The Labute approximate surface area is 271 Å². The molecule has 0 unspecified atom stereocenters. The van der Waals surface area contributed by atoms with E-state index in [1.165, 1.54) is 48.2 Å². The van der Waals surface area contributed by atoms with E-state index in [0.717, 1.165) is 37.9 Å². The van der Waals surface area contributed by atoms with Gasteiger partial charge in [-0.15, -0.1) is 11.3 Å². The highest BCUT2D eigenvalue weighted by molar-refractivity contribution is 7.22. The third kappa shape index (κ3) is 3.50. The topological polar surface area (TPSA) is 56.2 Å². The summed E-state index contributed by atoms with van der Waals surface area (Å²) in [6.07, 6.45) is 0. The van der Waals surface area contributed by atoms with Crippen molar-refractivity contribution in [2.24, 2.45) is 0 Å². The average molecular weight is 619 g/mol. The Morgan fingerprint density at radius 2 is 1.21 bits per heavy atom. The number of pyridine rings is 1. The fourth-order valence-corrected chi connectivity index (χ4v) is 8.44. The van der Waals surface area contributed by atoms with Crippen LogP contribution in [0.5, 0.6) is 0 Å². The lowest BCUT2D eigenvalue weighted by Crippen LogP contribution is -1.99. The minimum Gasteiger partial charge on any atom is -0.456 e. The molecule has 0 aliphatic carbocycles. The Balaban J connectivity index is 1.20. The minimum absolute atomic E-state index is 0.613. The zero-order valence-electron chi connectivity index (χ0n) is 24.8. The third-order valence-corrected chi connectivity index (χ3v) is 10.5. The number of aromatic nitrogens is 4. The molecule has 0 saturated heterocycles. The van der Waals surface area contributed by atoms with Crippen molar-refractivity contribution in [2.45, 2.75) is 0 Å². The van der Waals surface area contributed by atoms with E-state index >= 15 is 0 Å². The first-order chi connectivity index (χ1) is 23.3. The fraction of sp³-hybridized carbons (Fsp3) is 0. The van der Waals surface area contributed by atoms with Gasteiger partial charge in [-0.2, -0.15) is 0 Å². The van der Waals surface area contributed by atoms with Crippen LogP contribution in [0.4, 0.5) is 0 Å². The summed E-state index contributed by atoms with van der Waals surface area (Å²) in [6, 6.07) is 46.6. The second-order valence-electron chi connectivity index (χ2n) is 12.0. The van der Waals surface area contributed by atoms with Gasteiger partial charge in [0.1, 0.15) is 16.0 Å². The van der Waals surface area contributed by atoms with E-state index in [2.05, 4.69) is 83.3 Å². The molecule has 6 heteroatoms. The highest BCUT2D eigenvalue weighted by Gasteiger charge is 2.22. The van der Waals surface area contributed by atoms with E-state index in [4.69, 9.17) is 19.4 Å². The molecule has 0 bridgehead atoms. The van der Waals surface area contributed by atoms with Gasteiger partial charge in [0.25, 0.3) is 0 Å². The van der Waals surface area contributed by atoms with E-state index in [1.54, 1.807) is 11.3 Å². The van der Waals surface area contributed by atoms with Gasteiger partial charge in [0.05, 0.1) is 15.9 Å². The molecule has 5 heterocycles. The molecule has 0 spiro atoms. The molecule has 5 aromatic heterocycles. The van der Waals surface area contributed by atoms with Crippen molar-refractivity contribution in [3.05, 3.63) is 133 Å². The van der Waals surface area contributed by atoms with Crippen molar-refractivity contribution in [1.82, 2.24) is 19.4 Å². The number of hydrogen-bond donors (Lipinski definition) is 0. The summed E-state index contributed by atoms with van der Waals surface area (Å²) in [6.45, 7) is 0. The summed E-state index contributed by atoms with van der Waals surface area (Å²) in [5.74, 6) is 1.91. The standard InChI is InChI=1S/C41H22N4OS/c1-2-9-24(10-3-1)38-42-39(25-18-19-28-27-13-5-7-16-33(27)46-34(28)21-25)44-40(43-38)35-22-31-29-14-8-11-23-17-20-30-26-12-4-6-15-32(26)45(41(31)47-35)37(30)36(23)29/h1-22H. The molecular weight excluding hydrogens is 597 g/mol. The molecule has 6 aromatic carbocycles. The average Bonchev–Trinajstić information content (AvgIpc) is 3.84. The number of para-hydroxylation sites is 2.